The first-order valence-electron chi connectivity index (χ1n) is 9.04. The molecule has 0 amide bonds. The van der Waals surface area contributed by atoms with Crippen LogP contribution in [0.4, 0.5) is 0 Å². The maximum Gasteiger partial charge on any atom is 0.276 e. The Kier molecular flexibility index (Phi) is 4.18. The predicted molar refractivity (Wildman–Crippen MR) is 109 cm³/mol. The third-order valence-electron chi connectivity index (χ3n) is 5.00. The number of aromatic nitrogens is 3. The first kappa shape index (κ1) is 17.1. The summed E-state index contributed by atoms with van der Waals surface area (Å²) in [5, 5.41) is 10.3. The molecule has 0 unspecified atom stereocenters. The van der Waals surface area contributed by atoms with E-state index < -0.39 is 0 Å². The van der Waals surface area contributed by atoms with E-state index in [9.17, 15) is 4.79 Å². The summed E-state index contributed by atoms with van der Waals surface area (Å²) in [6.45, 7) is 2.23. The van der Waals surface area contributed by atoms with E-state index in [2.05, 4.69) is 33.6 Å². The second kappa shape index (κ2) is 6.85. The van der Waals surface area contributed by atoms with Crippen molar-refractivity contribution in [3.63, 3.8) is 0 Å². The molecule has 1 aliphatic heterocycles. The van der Waals surface area contributed by atoms with Gasteiger partial charge >= 0.3 is 0 Å². The Morgan fingerprint density at radius 1 is 1.18 bits per heavy atom. The maximum absolute atomic E-state index is 12.8. The molecule has 5 rings (SSSR count). The van der Waals surface area contributed by atoms with Gasteiger partial charge in [0.15, 0.2) is 0 Å². The molecular weight excluding hydrogens is 372 g/mol. The van der Waals surface area contributed by atoms with Crippen molar-refractivity contribution >= 4 is 21.4 Å². The number of pyridine rings is 1. The Morgan fingerprint density at radius 2 is 2.00 bits per heavy atom. The molecule has 28 heavy (non-hydrogen) atoms. The van der Waals surface area contributed by atoms with Gasteiger partial charge in [0.25, 0.3) is 5.56 Å². The van der Waals surface area contributed by atoms with Crippen molar-refractivity contribution in [1.29, 1.82) is 0 Å². The number of nitrogens with one attached hydrogen (secondary N) is 1. The summed E-state index contributed by atoms with van der Waals surface area (Å²) in [4.78, 5) is 16.8. The lowest BCUT2D eigenvalue weighted by Gasteiger charge is -2.09. The minimum absolute atomic E-state index is 0.126. The van der Waals surface area contributed by atoms with Gasteiger partial charge in [0.2, 0.25) is 5.88 Å². The second-order valence-electron chi connectivity index (χ2n) is 6.82. The highest BCUT2D eigenvalue weighted by atomic mass is 32.1. The molecular formula is C21H18N4O2S. The SMILES string of the molecule is Cn1nc(OCc2ccc3c(c2)CNC3)c2scc(-c3ccncc3)c2c1=O. The van der Waals surface area contributed by atoms with Gasteiger partial charge in [0.1, 0.15) is 11.3 Å². The van der Waals surface area contributed by atoms with Crippen molar-refractivity contribution in [2.45, 2.75) is 19.7 Å². The third-order valence-corrected chi connectivity index (χ3v) is 5.97. The standard InChI is InChI=1S/C21H18N4O2S/c1-25-21(26)18-17(14-4-6-22-7-5-14)12-28-19(18)20(24-25)27-11-13-2-3-15-9-23-10-16(15)8-13/h2-8,12,23H,9-11H2,1H3. The number of thiophene rings is 1. The molecule has 4 heterocycles. The van der Waals surface area contributed by atoms with Crippen LogP contribution in [0, 0.1) is 0 Å². The number of hydrogen-bond acceptors (Lipinski definition) is 6. The van der Waals surface area contributed by atoms with Gasteiger partial charge < -0.3 is 10.1 Å². The molecule has 0 radical (unpaired) electrons. The number of fused-ring (bicyclic) bond motifs is 2. The van der Waals surface area contributed by atoms with Crippen molar-refractivity contribution in [2.24, 2.45) is 7.05 Å². The van der Waals surface area contributed by atoms with Gasteiger partial charge in [-0.05, 0) is 34.4 Å². The van der Waals surface area contributed by atoms with Crippen molar-refractivity contribution in [3.05, 3.63) is 75.1 Å². The van der Waals surface area contributed by atoms with E-state index in [1.165, 1.54) is 27.1 Å². The normalized spacial score (nSPS) is 13.0. The van der Waals surface area contributed by atoms with Gasteiger partial charge in [0.05, 0.1) is 5.39 Å². The highest BCUT2D eigenvalue weighted by Crippen LogP contribution is 2.35. The van der Waals surface area contributed by atoms with Gasteiger partial charge in [-0.1, -0.05) is 18.2 Å². The lowest BCUT2D eigenvalue weighted by Crippen LogP contribution is -2.20. The van der Waals surface area contributed by atoms with Crippen LogP contribution in [0.2, 0.25) is 0 Å². The summed E-state index contributed by atoms with van der Waals surface area (Å²) in [5.41, 5.74) is 5.47. The van der Waals surface area contributed by atoms with E-state index in [4.69, 9.17) is 4.74 Å². The highest BCUT2D eigenvalue weighted by Gasteiger charge is 2.18. The van der Waals surface area contributed by atoms with Crippen LogP contribution in [0.5, 0.6) is 5.88 Å². The molecule has 1 aliphatic rings. The van der Waals surface area contributed by atoms with Crippen LogP contribution in [0.25, 0.3) is 21.2 Å². The number of benzene rings is 1. The zero-order valence-electron chi connectivity index (χ0n) is 15.3. The quantitative estimate of drug-likeness (QED) is 0.579. The van der Waals surface area contributed by atoms with Crippen LogP contribution in [0.1, 0.15) is 16.7 Å². The summed E-state index contributed by atoms with van der Waals surface area (Å²) < 4.78 is 8.18. The topological polar surface area (TPSA) is 69.0 Å². The minimum atomic E-state index is -0.126. The van der Waals surface area contributed by atoms with Crippen LogP contribution in [-0.4, -0.2) is 14.8 Å². The highest BCUT2D eigenvalue weighted by molar-refractivity contribution is 7.18. The second-order valence-corrected chi connectivity index (χ2v) is 7.70. The number of ether oxygens (including phenoxy) is 1. The molecule has 0 spiro atoms. The lowest BCUT2D eigenvalue weighted by molar-refractivity contribution is 0.290. The van der Waals surface area contributed by atoms with E-state index in [0.29, 0.717) is 17.9 Å². The molecule has 3 aromatic heterocycles. The zero-order valence-corrected chi connectivity index (χ0v) is 16.1. The molecule has 0 saturated heterocycles. The van der Waals surface area contributed by atoms with Gasteiger partial charge in [-0.15, -0.1) is 16.4 Å². The van der Waals surface area contributed by atoms with Crippen LogP contribution in [-0.2, 0) is 26.7 Å². The van der Waals surface area contributed by atoms with Crippen molar-refractivity contribution in [2.75, 3.05) is 0 Å². The third kappa shape index (κ3) is 2.89. The molecule has 4 aromatic rings. The van der Waals surface area contributed by atoms with E-state index in [0.717, 1.165) is 34.5 Å². The monoisotopic (exact) mass is 390 g/mol. The fourth-order valence-corrected chi connectivity index (χ4v) is 4.55. The van der Waals surface area contributed by atoms with Gasteiger partial charge in [-0.25, -0.2) is 4.68 Å². The summed E-state index contributed by atoms with van der Waals surface area (Å²) in [6, 6.07) is 10.2. The molecule has 0 bridgehead atoms. The van der Waals surface area contributed by atoms with Gasteiger partial charge in [0, 0.05) is 43.5 Å². The van der Waals surface area contributed by atoms with Crippen molar-refractivity contribution in [1.82, 2.24) is 20.1 Å². The molecule has 140 valence electrons. The number of nitrogens with zero attached hydrogens (tertiary/aromatic N) is 3. The fourth-order valence-electron chi connectivity index (χ4n) is 3.54. The first-order valence-corrected chi connectivity index (χ1v) is 9.92. The Balaban J connectivity index is 1.52. The van der Waals surface area contributed by atoms with Crippen LogP contribution in [0.3, 0.4) is 0 Å². The molecule has 7 heteroatoms. The lowest BCUT2D eigenvalue weighted by atomic mass is 10.1. The smallest absolute Gasteiger partial charge is 0.276 e. The molecule has 6 nitrogen and oxygen atoms in total. The van der Waals surface area contributed by atoms with Gasteiger partial charge in [-0.3, -0.25) is 9.78 Å². The summed E-state index contributed by atoms with van der Waals surface area (Å²) >= 11 is 1.48. The molecule has 1 aromatic carbocycles. The predicted octanol–water partition coefficient (Wildman–Crippen LogP) is 3.24. The summed E-state index contributed by atoms with van der Waals surface area (Å²) in [7, 11) is 1.66. The molecule has 0 aliphatic carbocycles. The fraction of sp³-hybridized carbons (Fsp3) is 0.190. The average Bonchev–Trinajstić information content (AvgIpc) is 3.37. The van der Waals surface area contributed by atoms with E-state index in [-0.39, 0.29) is 5.56 Å². The van der Waals surface area contributed by atoms with E-state index in [1.807, 2.05) is 17.5 Å². The zero-order chi connectivity index (χ0) is 19.1. The Morgan fingerprint density at radius 3 is 2.86 bits per heavy atom. The number of hydrogen-bond donors (Lipinski definition) is 1. The molecule has 1 N–H and O–H groups in total. The largest absolute Gasteiger partial charge is 0.471 e. The Hall–Kier alpha value is -3.03. The first-order chi connectivity index (χ1) is 13.7. The van der Waals surface area contributed by atoms with Crippen LogP contribution in [0.15, 0.2) is 52.9 Å². The molecule has 0 saturated carbocycles. The molecule has 0 atom stereocenters. The Bertz CT molecular complexity index is 1230. The van der Waals surface area contributed by atoms with Crippen molar-refractivity contribution < 1.29 is 4.74 Å². The summed E-state index contributed by atoms with van der Waals surface area (Å²) in [5.74, 6) is 0.487. The molecule has 0 fully saturated rings. The van der Waals surface area contributed by atoms with E-state index >= 15 is 0 Å². The minimum Gasteiger partial charge on any atom is -0.471 e. The number of aryl methyl sites for hydroxylation is 1. The summed E-state index contributed by atoms with van der Waals surface area (Å²) in [6.07, 6.45) is 3.45. The van der Waals surface area contributed by atoms with E-state index in [1.54, 1.807) is 19.4 Å². The maximum atomic E-state index is 12.8. The Labute approximate surface area is 165 Å². The van der Waals surface area contributed by atoms with Crippen LogP contribution < -0.4 is 15.6 Å². The van der Waals surface area contributed by atoms with Crippen molar-refractivity contribution in [3.8, 4) is 17.0 Å². The van der Waals surface area contributed by atoms with Gasteiger partial charge in [-0.2, -0.15) is 0 Å². The van der Waals surface area contributed by atoms with Crippen LogP contribution >= 0.6 is 11.3 Å². The number of rotatable bonds is 4. The average molecular weight is 390 g/mol.